The number of carbonyl (C=O) groups is 1. The van der Waals surface area contributed by atoms with Crippen LogP contribution in [-0.4, -0.2) is 38.9 Å². The second-order valence-corrected chi connectivity index (χ2v) is 3.16. The summed E-state index contributed by atoms with van der Waals surface area (Å²) >= 11 is 0. The van der Waals surface area contributed by atoms with Crippen molar-refractivity contribution in [1.82, 2.24) is 15.1 Å². The minimum atomic E-state index is -0.600. The smallest absolute Gasteiger partial charge is 0.392 e. The molecule has 0 saturated heterocycles. The molecule has 0 aliphatic rings. The summed E-state index contributed by atoms with van der Waals surface area (Å²) in [5, 5.41) is 25.0. The lowest BCUT2D eigenvalue weighted by atomic mass is 10.4. The monoisotopic (exact) mass is 228 g/mol. The van der Waals surface area contributed by atoms with Crippen molar-refractivity contribution < 1.29 is 14.8 Å². The van der Waals surface area contributed by atoms with Crippen LogP contribution in [0, 0.1) is 17.0 Å². The Morgan fingerprint density at radius 2 is 2.44 bits per heavy atom. The Morgan fingerprint density at radius 1 is 1.75 bits per heavy atom. The molecule has 1 amide bonds. The first-order valence-corrected chi connectivity index (χ1v) is 4.60. The van der Waals surface area contributed by atoms with Crippen molar-refractivity contribution in [3.05, 3.63) is 21.9 Å². The van der Waals surface area contributed by atoms with Crippen LogP contribution in [0.4, 0.5) is 5.82 Å². The number of nitrogens with one attached hydrogen (secondary N) is 1. The second-order valence-electron chi connectivity index (χ2n) is 3.16. The van der Waals surface area contributed by atoms with Gasteiger partial charge in [0.05, 0.1) is 23.5 Å². The first kappa shape index (κ1) is 12.1. The van der Waals surface area contributed by atoms with Crippen LogP contribution in [0.3, 0.4) is 0 Å². The average Bonchev–Trinajstić information content (AvgIpc) is 2.56. The number of hydrogen-bond acceptors (Lipinski definition) is 5. The van der Waals surface area contributed by atoms with E-state index in [1.165, 1.54) is 10.9 Å². The van der Waals surface area contributed by atoms with Gasteiger partial charge in [0, 0.05) is 6.54 Å². The third-order valence-corrected chi connectivity index (χ3v) is 1.83. The van der Waals surface area contributed by atoms with Crippen molar-refractivity contribution in [3.8, 4) is 0 Å². The van der Waals surface area contributed by atoms with Gasteiger partial charge in [-0.15, -0.1) is 0 Å². The summed E-state index contributed by atoms with van der Waals surface area (Å²) in [6, 6.07) is 0. The van der Waals surface area contributed by atoms with Crippen molar-refractivity contribution in [2.75, 3.05) is 13.2 Å². The topological polar surface area (TPSA) is 110 Å². The number of amides is 1. The van der Waals surface area contributed by atoms with Crippen molar-refractivity contribution >= 4 is 11.7 Å². The molecule has 1 heterocycles. The van der Waals surface area contributed by atoms with Crippen LogP contribution in [-0.2, 0) is 11.3 Å². The Morgan fingerprint density at radius 3 is 2.94 bits per heavy atom. The lowest BCUT2D eigenvalue weighted by Gasteiger charge is -1.99. The summed E-state index contributed by atoms with van der Waals surface area (Å²) in [6.07, 6.45) is 1.43. The zero-order chi connectivity index (χ0) is 12.1. The van der Waals surface area contributed by atoms with Gasteiger partial charge in [-0.1, -0.05) is 0 Å². The minimum absolute atomic E-state index is 0.103. The minimum Gasteiger partial charge on any atom is -0.395 e. The largest absolute Gasteiger partial charge is 0.395 e. The highest BCUT2D eigenvalue weighted by molar-refractivity contribution is 5.75. The van der Waals surface area contributed by atoms with E-state index in [4.69, 9.17) is 5.11 Å². The van der Waals surface area contributed by atoms with E-state index in [9.17, 15) is 14.9 Å². The Hall–Kier alpha value is -1.96. The summed E-state index contributed by atoms with van der Waals surface area (Å²) in [5.74, 6) is -0.610. The van der Waals surface area contributed by atoms with Gasteiger partial charge < -0.3 is 20.5 Å². The molecule has 0 saturated carbocycles. The Kier molecular flexibility index (Phi) is 3.95. The number of nitrogens with zero attached hydrogens (tertiary/aromatic N) is 3. The highest BCUT2D eigenvalue weighted by Gasteiger charge is 2.18. The quantitative estimate of drug-likeness (QED) is 0.506. The maximum atomic E-state index is 11.2. The van der Waals surface area contributed by atoms with Gasteiger partial charge in [0.1, 0.15) is 6.54 Å². The predicted octanol–water partition coefficient (Wildman–Crippen LogP) is -0.792. The van der Waals surface area contributed by atoms with Crippen LogP contribution in [0.25, 0.3) is 0 Å². The summed E-state index contributed by atoms with van der Waals surface area (Å²) in [5.41, 5.74) is 0.403. The van der Waals surface area contributed by atoms with Crippen molar-refractivity contribution in [2.45, 2.75) is 13.5 Å². The molecule has 0 bridgehead atoms. The maximum Gasteiger partial charge on any atom is 0.392 e. The van der Waals surface area contributed by atoms with Gasteiger partial charge in [0.25, 0.3) is 0 Å². The molecule has 0 spiro atoms. The van der Waals surface area contributed by atoms with Crippen LogP contribution < -0.4 is 5.32 Å². The molecule has 8 nitrogen and oxygen atoms in total. The SMILES string of the molecule is Cc1cn(CC(=O)NCCO)nc1[N+](=O)[O-]. The zero-order valence-electron chi connectivity index (χ0n) is 8.71. The molecular formula is C8H12N4O4. The van der Waals surface area contributed by atoms with E-state index in [-0.39, 0.29) is 31.4 Å². The predicted molar refractivity (Wildman–Crippen MR) is 53.7 cm³/mol. The molecule has 0 radical (unpaired) electrons. The average molecular weight is 228 g/mol. The third kappa shape index (κ3) is 3.02. The maximum absolute atomic E-state index is 11.2. The van der Waals surface area contributed by atoms with Gasteiger partial charge in [-0.2, -0.15) is 4.68 Å². The number of aromatic nitrogens is 2. The molecule has 1 aromatic heterocycles. The molecule has 0 aliphatic heterocycles. The van der Waals surface area contributed by atoms with E-state index in [0.717, 1.165) is 0 Å². The van der Waals surface area contributed by atoms with Crippen LogP contribution in [0.5, 0.6) is 0 Å². The van der Waals surface area contributed by atoms with Crippen LogP contribution in [0.15, 0.2) is 6.20 Å². The fourth-order valence-electron chi connectivity index (χ4n) is 1.17. The Labute approximate surface area is 91.0 Å². The second kappa shape index (κ2) is 5.21. The molecule has 0 unspecified atom stereocenters. The van der Waals surface area contributed by atoms with Crippen LogP contribution in [0.1, 0.15) is 5.56 Å². The van der Waals surface area contributed by atoms with Gasteiger partial charge in [-0.05, 0) is 11.8 Å². The third-order valence-electron chi connectivity index (χ3n) is 1.83. The van der Waals surface area contributed by atoms with Gasteiger partial charge in [0.2, 0.25) is 5.91 Å². The Balaban J connectivity index is 2.64. The molecule has 0 aromatic carbocycles. The van der Waals surface area contributed by atoms with E-state index < -0.39 is 4.92 Å². The van der Waals surface area contributed by atoms with E-state index >= 15 is 0 Å². The molecule has 0 atom stereocenters. The number of nitro groups is 1. The van der Waals surface area contributed by atoms with Gasteiger partial charge in [-0.3, -0.25) is 4.79 Å². The summed E-state index contributed by atoms with van der Waals surface area (Å²) < 4.78 is 1.19. The van der Waals surface area contributed by atoms with Crippen molar-refractivity contribution in [1.29, 1.82) is 0 Å². The van der Waals surface area contributed by atoms with E-state index in [2.05, 4.69) is 10.4 Å². The number of aryl methyl sites for hydroxylation is 1. The zero-order valence-corrected chi connectivity index (χ0v) is 8.71. The standard InChI is InChI=1S/C8H12N4O4/c1-6-4-11(10-8(6)12(15)16)5-7(14)9-2-3-13/h4,13H,2-3,5H2,1H3,(H,9,14). The first-order valence-electron chi connectivity index (χ1n) is 4.60. The number of rotatable bonds is 5. The van der Waals surface area contributed by atoms with E-state index in [0.29, 0.717) is 5.56 Å². The molecule has 88 valence electrons. The lowest BCUT2D eigenvalue weighted by molar-refractivity contribution is -0.390. The van der Waals surface area contributed by atoms with Gasteiger partial charge in [0.15, 0.2) is 0 Å². The number of aliphatic hydroxyl groups is 1. The molecule has 0 fully saturated rings. The summed E-state index contributed by atoms with van der Waals surface area (Å²) in [6.45, 7) is 1.45. The molecule has 16 heavy (non-hydrogen) atoms. The number of hydrogen-bond donors (Lipinski definition) is 2. The number of carbonyl (C=O) groups excluding carboxylic acids is 1. The molecule has 0 aliphatic carbocycles. The fraction of sp³-hybridized carbons (Fsp3) is 0.500. The highest BCUT2D eigenvalue weighted by Crippen LogP contribution is 2.13. The van der Waals surface area contributed by atoms with Gasteiger partial charge >= 0.3 is 5.82 Å². The molecular weight excluding hydrogens is 216 g/mol. The summed E-state index contributed by atoms with van der Waals surface area (Å²) in [4.78, 5) is 21.1. The van der Waals surface area contributed by atoms with Crippen LogP contribution >= 0.6 is 0 Å². The van der Waals surface area contributed by atoms with Crippen molar-refractivity contribution in [3.63, 3.8) is 0 Å². The number of aliphatic hydroxyl groups excluding tert-OH is 1. The summed E-state index contributed by atoms with van der Waals surface area (Å²) in [7, 11) is 0. The van der Waals surface area contributed by atoms with Crippen molar-refractivity contribution in [2.24, 2.45) is 0 Å². The van der Waals surface area contributed by atoms with Crippen LogP contribution in [0.2, 0.25) is 0 Å². The molecule has 1 aromatic rings. The normalized spacial score (nSPS) is 10.1. The molecule has 1 rings (SSSR count). The fourth-order valence-corrected chi connectivity index (χ4v) is 1.17. The molecule has 2 N–H and O–H groups in total. The highest BCUT2D eigenvalue weighted by atomic mass is 16.6. The molecule has 8 heteroatoms. The van der Waals surface area contributed by atoms with Gasteiger partial charge in [-0.25, -0.2) is 0 Å². The van der Waals surface area contributed by atoms with E-state index in [1.807, 2.05) is 0 Å². The first-order chi connectivity index (χ1) is 7.54. The van der Waals surface area contributed by atoms with E-state index in [1.54, 1.807) is 6.92 Å². The Bertz CT molecular complexity index is 401. The lowest BCUT2D eigenvalue weighted by Crippen LogP contribution is -2.30.